The largest absolute Gasteiger partial charge is 0.369 e. The highest BCUT2D eigenvalue weighted by molar-refractivity contribution is 5.54. The maximum absolute atomic E-state index is 3.53. The summed E-state index contributed by atoms with van der Waals surface area (Å²) in [5.41, 5.74) is 2.88. The second kappa shape index (κ2) is 6.95. The molecule has 0 aliphatic carbocycles. The number of nitrogens with zero attached hydrogens (tertiary/aromatic N) is 1. The van der Waals surface area contributed by atoms with Crippen molar-refractivity contribution in [1.82, 2.24) is 5.32 Å². The average Bonchev–Trinajstić information content (AvgIpc) is 2.40. The number of nitrogens with one attached hydrogen (secondary N) is 1. The van der Waals surface area contributed by atoms with Gasteiger partial charge in [0.25, 0.3) is 0 Å². The molecule has 2 atom stereocenters. The summed E-state index contributed by atoms with van der Waals surface area (Å²) in [6, 6.07) is 9.54. The van der Waals surface area contributed by atoms with Crippen molar-refractivity contribution in [2.45, 2.75) is 52.6 Å². The monoisotopic (exact) mass is 260 g/mol. The number of hydrogen-bond acceptors (Lipinski definition) is 2. The lowest BCUT2D eigenvalue weighted by molar-refractivity contribution is 0.377. The van der Waals surface area contributed by atoms with E-state index in [0.717, 1.165) is 19.0 Å². The molecule has 0 amide bonds. The average molecular weight is 260 g/mol. The predicted octanol–water partition coefficient (Wildman–Crippen LogP) is 3.81. The van der Waals surface area contributed by atoms with Crippen LogP contribution in [0.2, 0.25) is 0 Å². The molecule has 1 saturated heterocycles. The number of piperidine rings is 1. The summed E-state index contributed by atoms with van der Waals surface area (Å²) in [6.45, 7) is 10.2. The van der Waals surface area contributed by atoms with Crippen molar-refractivity contribution in [2.75, 3.05) is 18.0 Å². The lowest BCUT2D eigenvalue weighted by Crippen LogP contribution is -2.41. The summed E-state index contributed by atoms with van der Waals surface area (Å²) in [6.07, 6.45) is 3.83. The van der Waals surface area contributed by atoms with Crippen molar-refractivity contribution in [2.24, 2.45) is 5.92 Å². The van der Waals surface area contributed by atoms with Crippen molar-refractivity contribution in [3.8, 4) is 0 Å². The smallest absolute Gasteiger partial charge is 0.0414 e. The van der Waals surface area contributed by atoms with Crippen LogP contribution >= 0.6 is 0 Å². The van der Waals surface area contributed by atoms with Gasteiger partial charge in [-0.3, -0.25) is 0 Å². The van der Waals surface area contributed by atoms with Crippen LogP contribution < -0.4 is 10.2 Å². The van der Waals surface area contributed by atoms with Gasteiger partial charge >= 0.3 is 0 Å². The maximum Gasteiger partial charge on any atom is 0.0414 e. The van der Waals surface area contributed by atoms with Crippen molar-refractivity contribution in [3.05, 3.63) is 29.8 Å². The van der Waals surface area contributed by atoms with Gasteiger partial charge in [0.1, 0.15) is 0 Å². The predicted molar refractivity (Wildman–Crippen MR) is 83.6 cm³/mol. The van der Waals surface area contributed by atoms with E-state index in [1.165, 1.54) is 37.1 Å². The SMILES string of the molecule is CCCNCc1ccccc1N1CCC(C)CC1C. The van der Waals surface area contributed by atoms with Crippen LogP contribution in [-0.2, 0) is 6.54 Å². The van der Waals surface area contributed by atoms with Crippen molar-refractivity contribution >= 4 is 5.69 Å². The Morgan fingerprint density at radius 2 is 2.05 bits per heavy atom. The molecule has 0 spiro atoms. The van der Waals surface area contributed by atoms with Gasteiger partial charge in [0, 0.05) is 24.8 Å². The first kappa shape index (κ1) is 14.4. The molecule has 1 aromatic rings. The van der Waals surface area contributed by atoms with E-state index in [1.54, 1.807) is 0 Å². The van der Waals surface area contributed by atoms with Gasteiger partial charge in [-0.25, -0.2) is 0 Å². The van der Waals surface area contributed by atoms with Crippen LogP contribution in [0.15, 0.2) is 24.3 Å². The quantitative estimate of drug-likeness (QED) is 0.810. The molecule has 2 rings (SSSR count). The van der Waals surface area contributed by atoms with Gasteiger partial charge in [0.05, 0.1) is 0 Å². The van der Waals surface area contributed by atoms with Crippen molar-refractivity contribution in [3.63, 3.8) is 0 Å². The lowest BCUT2D eigenvalue weighted by Gasteiger charge is -2.39. The van der Waals surface area contributed by atoms with E-state index >= 15 is 0 Å². The van der Waals surface area contributed by atoms with Crippen LogP contribution in [0.1, 0.15) is 45.6 Å². The number of rotatable bonds is 5. The molecule has 0 aromatic heterocycles. The summed E-state index contributed by atoms with van der Waals surface area (Å²) in [7, 11) is 0. The molecular formula is C17H28N2. The molecule has 1 aliphatic heterocycles. The molecule has 0 saturated carbocycles. The zero-order valence-electron chi connectivity index (χ0n) is 12.7. The molecule has 2 unspecified atom stereocenters. The second-order valence-electron chi connectivity index (χ2n) is 5.98. The Balaban J connectivity index is 2.10. The fourth-order valence-corrected chi connectivity index (χ4v) is 3.11. The molecule has 106 valence electrons. The van der Waals surface area contributed by atoms with Crippen LogP contribution in [0.3, 0.4) is 0 Å². The van der Waals surface area contributed by atoms with Gasteiger partial charge in [-0.15, -0.1) is 0 Å². The second-order valence-corrected chi connectivity index (χ2v) is 5.98. The minimum absolute atomic E-state index is 0.663. The summed E-state index contributed by atoms with van der Waals surface area (Å²) in [4.78, 5) is 2.60. The highest BCUT2D eigenvalue weighted by atomic mass is 15.2. The van der Waals surface area contributed by atoms with Crippen molar-refractivity contribution in [1.29, 1.82) is 0 Å². The van der Waals surface area contributed by atoms with Crippen LogP contribution in [0, 0.1) is 5.92 Å². The Morgan fingerprint density at radius 1 is 1.26 bits per heavy atom. The molecule has 2 heteroatoms. The Labute approximate surface area is 118 Å². The fourth-order valence-electron chi connectivity index (χ4n) is 3.11. The molecule has 1 fully saturated rings. The van der Waals surface area contributed by atoms with Crippen LogP contribution in [0.4, 0.5) is 5.69 Å². The third-order valence-electron chi connectivity index (χ3n) is 4.18. The third-order valence-corrected chi connectivity index (χ3v) is 4.18. The third kappa shape index (κ3) is 3.73. The standard InChI is InChI=1S/C17H28N2/c1-4-10-18-13-16-7-5-6-8-17(16)19-11-9-14(2)12-15(19)3/h5-8,14-15,18H,4,9-13H2,1-3H3. The molecule has 1 N–H and O–H groups in total. The summed E-state index contributed by atoms with van der Waals surface area (Å²) >= 11 is 0. The Kier molecular flexibility index (Phi) is 5.26. The van der Waals surface area contributed by atoms with E-state index in [4.69, 9.17) is 0 Å². The topological polar surface area (TPSA) is 15.3 Å². The van der Waals surface area contributed by atoms with Gasteiger partial charge in [-0.1, -0.05) is 32.0 Å². The van der Waals surface area contributed by atoms with Crippen LogP contribution in [0.25, 0.3) is 0 Å². The summed E-state index contributed by atoms with van der Waals surface area (Å²) < 4.78 is 0. The minimum Gasteiger partial charge on any atom is -0.369 e. The van der Waals surface area contributed by atoms with Gasteiger partial charge in [-0.05, 0) is 50.3 Å². The van der Waals surface area contributed by atoms with Crippen LogP contribution in [0.5, 0.6) is 0 Å². The normalized spacial score (nSPS) is 23.6. The first-order valence-electron chi connectivity index (χ1n) is 7.77. The number of benzene rings is 1. The first-order valence-corrected chi connectivity index (χ1v) is 7.77. The highest BCUT2D eigenvalue weighted by Crippen LogP contribution is 2.30. The number of hydrogen-bond donors (Lipinski definition) is 1. The number of para-hydroxylation sites is 1. The summed E-state index contributed by atoms with van der Waals surface area (Å²) in [5.74, 6) is 0.872. The molecule has 0 radical (unpaired) electrons. The zero-order valence-corrected chi connectivity index (χ0v) is 12.7. The Hall–Kier alpha value is -1.02. The molecule has 1 aromatic carbocycles. The molecular weight excluding hydrogens is 232 g/mol. The van der Waals surface area contributed by atoms with E-state index < -0.39 is 0 Å². The van der Waals surface area contributed by atoms with E-state index in [-0.39, 0.29) is 0 Å². The minimum atomic E-state index is 0.663. The zero-order chi connectivity index (χ0) is 13.7. The Bertz CT molecular complexity index is 389. The molecule has 19 heavy (non-hydrogen) atoms. The van der Waals surface area contributed by atoms with E-state index in [2.05, 4.69) is 55.3 Å². The highest BCUT2D eigenvalue weighted by Gasteiger charge is 2.24. The summed E-state index contributed by atoms with van der Waals surface area (Å²) in [5, 5.41) is 3.53. The van der Waals surface area contributed by atoms with Crippen LogP contribution in [-0.4, -0.2) is 19.1 Å². The number of anilines is 1. The van der Waals surface area contributed by atoms with E-state index in [1.807, 2.05) is 0 Å². The molecule has 0 bridgehead atoms. The van der Waals surface area contributed by atoms with Gasteiger partial charge in [-0.2, -0.15) is 0 Å². The fraction of sp³-hybridized carbons (Fsp3) is 0.647. The lowest BCUT2D eigenvalue weighted by atomic mass is 9.92. The Morgan fingerprint density at radius 3 is 2.79 bits per heavy atom. The van der Waals surface area contributed by atoms with E-state index in [0.29, 0.717) is 6.04 Å². The van der Waals surface area contributed by atoms with Gasteiger partial charge in [0.15, 0.2) is 0 Å². The van der Waals surface area contributed by atoms with Gasteiger partial charge < -0.3 is 10.2 Å². The van der Waals surface area contributed by atoms with Crippen molar-refractivity contribution < 1.29 is 0 Å². The maximum atomic E-state index is 3.53. The molecule has 2 nitrogen and oxygen atoms in total. The molecule has 1 heterocycles. The molecule has 1 aliphatic rings. The first-order chi connectivity index (χ1) is 9.22. The van der Waals surface area contributed by atoms with Gasteiger partial charge in [0.2, 0.25) is 0 Å². The van der Waals surface area contributed by atoms with E-state index in [9.17, 15) is 0 Å².